The first-order valence-electron chi connectivity index (χ1n) is 5.75. The number of alkyl halides is 3. The lowest BCUT2D eigenvalue weighted by atomic mass is 10.2. The van der Waals surface area contributed by atoms with Gasteiger partial charge in [-0.1, -0.05) is 6.07 Å². The number of non-ortho nitro benzene ring substituents is 1. The molecule has 0 atom stereocenters. The summed E-state index contributed by atoms with van der Waals surface area (Å²) in [6, 6.07) is 6.16. The maximum Gasteiger partial charge on any atom is 0.411 e. The fourth-order valence-corrected chi connectivity index (χ4v) is 1.91. The first kappa shape index (κ1) is 14.3. The van der Waals surface area contributed by atoms with Gasteiger partial charge in [0.2, 0.25) is 0 Å². The number of hydrogen-bond donors (Lipinski definition) is 0. The van der Waals surface area contributed by atoms with Gasteiger partial charge in [0, 0.05) is 18.8 Å². The number of aromatic nitrogens is 1. The van der Waals surface area contributed by atoms with E-state index in [0.29, 0.717) is 10.9 Å². The van der Waals surface area contributed by atoms with E-state index < -0.39 is 17.7 Å². The Morgan fingerprint density at radius 1 is 1.30 bits per heavy atom. The van der Waals surface area contributed by atoms with E-state index >= 15 is 0 Å². The Labute approximate surface area is 111 Å². The van der Waals surface area contributed by atoms with Crippen molar-refractivity contribution < 1.29 is 22.8 Å². The standard InChI is InChI=1S/C12H11F3N2O3/c13-12(14,15)8-20-7-6-16-5-4-9-10(16)2-1-3-11(9)17(18)19/h1-5H,6-8H2. The van der Waals surface area contributed by atoms with Crippen LogP contribution in [0.5, 0.6) is 0 Å². The van der Waals surface area contributed by atoms with Gasteiger partial charge in [0.15, 0.2) is 0 Å². The maximum atomic E-state index is 11.9. The molecule has 0 aliphatic heterocycles. The number of nitro groups is 1. The molecular formula is C12H11F3N2O3. The molecule has 0 aliphatic carbocycles. The topological polar surface area (TPSA) is 57.3 Å². The fraction of sp³-hybridized carbons (Fsp3) is 0.333. The molecule has 2 aromatic rings. The van der Waals surface area contributed by atoms with E-state index in [1.807, 2.05) is 0 Å². The van der Waals surface area contributed by atoms with Gasteiger partial charge in [-0.15, -0.1) is 0 Å². The molecule has 1 aromatic carbocycles. The van der Waals surface area contributed by atoms with E-state index in [9.17, 15) is 23.3 Å². The highest BCUT2D eigenvalue weighted by Gasteiger charge is 2.27. The van der Waals surface area contributed by atoms with Crippen LogP contribution in [0.4, 0.5) is 18.9 Å². The van der Waals surface area contributed by atoms with E-state index in [0.717, 1.165) is 0 Å². The second kappa shape index (κ2) is 5.49. The lowest BCUT2D eigenvalue weighted by molar-refractivity contribution is -0.383. The average molecular weight is 288 g/mol. The molecule has 0 radical (unpaired) electrons. The number of hydrogen-bond acceptors (Lipinski definition) is 3. The summed E-state index contributed by atoms with van der Waals surface area (Å²) in [5.74, 6) is 0. The third-order valence-electron chi connectivity index (χ3n) is 2.73. The first-order valence-corrected chi connectivity index (χ1v) is 5.75. The number of fused-ring (bicyclic) bond motifs is 1. The normalized spacial score (nSPS) is 11.9. The molecule has 0 bridgehead atoms. The summed E-state index contributed by atoms with van der Waals surface area (Å²) in [7, 11) is 0. The number of nitrogens with zero attached hydrogens (tertiary/aromatic N) is 2. The number of benzene rings is 1. The monoisotopic (exact) mass is 288 g/mol. The minimum Gasteiger partial charge on any atom is -0.370 e. The van der Waals surface area contributed by atoms with Crippen molar-refractivity contribution in [3.63, 3.8) is 0 Å². The van der Waals surface area contributed by atoms with Crippen LogP contribution in [0.1, 0.15) is 0 Å². The molecule has 0 N–H and O–H groups in total. The van der Waals surface area contributed by atoms with E-state index in [-0.39, 0.29) is 18.8 Å². The molecular weight excluding hydrogens is 277 g/mol. The second-order valence-electron chi connectivity index (χ2n) is 4.14. The van der Waals surface area contributed by atoms with E-state index in [4.69, 9.17) is 0 Å². The summed E-state index contributed by atoms with van der Waals surface area (Å²) in [5.41, 5.74) is 0.562. The maximum absolute atomic E-state index is 11.9. The zero-order chi connectivity index (χ0) is 14.8. The number of ether oxygens (including phenoxy) is 1. The van der Waals surface area contributed by atoms with Gasteiger partial charge in [0.25, 0.3) is 5.69 Å². The molecule has 8 heteroatoms. The molecule has 5 nitrogen and oxygen atoms in total. The Balaban J connectivity index is 2.08. The number of rotatable bonds is 5. The zero-order valence-electron chi connectivity index (χ0n) is 10.3. The minimum absolute atomic E-state index is 0.0301. The molecule has 0 saturated heterocycles. The smallest absolute Gasteiger partial charge is 0.370 e. The summed E-state index contributed by atoms with van der Waals surface area (Å²) in [4.78, 5) is 10.3. The largest absolute Gasteiger partial charge is 0.411 e. The van der Waals surface area contributed by atoms with Crippen molar-refractivity contribution in [1.82, 2.24) is 4.57 Å². The van der Waals surface area contributed by atoms with Crippen LogP contribution in [0.15, 0.2) is 30.5 Å². The van der Waals surface area contributed by atoms with Gasteiger partial charge < -0.3 is 9.30 Å². The molecule has 2 rings (SSSR count). The van der Waals surface area contributed by atoms with Gasteiger partial charge in [0.05, 0.1) is 22.4 Å². The summed E-state index contributed by atoms with van der Waals surface area (Å²) in [5, 5.41) is 11.3. The van der Waals surface area contributed by atoms with Gasteiger partial charge in [-0.05, 0) is 12.1 Å². The van der Waals surface area contributed by atoms with Crippen LogP contribution < -0.4 is 0 Å². The Hall–Kier alpha value is -2.09. The van der Waals surface area contributed by atoms with Crippen molar-refractivity contribution in [2.24, 2.45) is 0 Å². The van der Waals surface area contributed by atoms with Crippen LogP contribution in [-0.4, -0.2) is 28.9 Å². The Morgan fingerprint density at radius 2 is 2.05 bits per heavy atom. The molecule has 0 fully saturated rings. The quantitative estimate of drug-likeness (QED) is 0.482. The Morgan fingerprint density at radius 3 is 2.70 bits per heavy atom. The van der Waals surface area contributed by atoms with Gasteiger partial charge in [-0.3, -0.25) is 10.1 Å². The molecule has 0 amide bonds. The summed E-state index contributed by atoms with van der Waals surface area (Å²) in [6.07, 6.45) is -2.76. The highest BCUT2D eigenvalue weighted by molar-refractivity contribution is 5.89. The zero-order valence-corrected chi connectivity index (χ0v) is 10.3. The van der Waals surface area contributed by atoms with Crippen LogP contribution in [-0.2, 0) is 11.3 Å². The third-order valence-corrected chi connectivity index (χ3v) is 2.73. The molecule has 108 valence electrons. The molecule has 0 spiro atoms. The highest BCUT2D eigenvalue weighted by Crippen LogP contribution is 2.26. The lowest BCUT2D eigenvalue weighted by Gasteiger charge is -2.09. The SMILES string of the molecule is O=[N+]([O-])c1cccc2c1ccn2CCOCC(F)(F)F. The summed E-state index contributed by atoms with van der Waals surface area (Å²) in [6.45, 7) is -1.22. The van der Waals surface area contributed by atoms with Crippen molar-refractivity contribution in [2.45, 2.75) is 12.7 Å². The summed E-state index contributed by atoms with van der Waals surface area (Å²) < 4.78 is 41.9. The van der Waals surface area contributed by atoms with Crippen LogP contribution in [0.2, 0.25) is 0 Å². The third kappa shape index (κ3) is 3.27. The van der Waals surface area contributed by atoms with Crippen molar-refractivity contribution >= 4 is 16.6 Å². The lowest BCUT2D eigenvalue weighted by Crippen LogP contribution is -2.18. The molecule has 0 unspecified atom stereocenters. The van der Waals surface area contributed by atoms with E-state index in [1.54, 1.807) is 22.9 Å². The van der Waals surface area contributed by atoms with Crippen molar-refractivity contribution in [3.05, 3.63) is 40.6 Å². The van der Waals surface area contributed by atoms with Crippen LogP contribution in [0.3, 0.4) is 0 Å². The van der Waals surface area contributed by atoms with E-state index in [1.165, 1.54) is 12.1 Å². The van der Waals surface area contributed by atoms with E-state index in [2.05, 4.69) is 4.74 Å². The van der Waals surface area contributed by atoms with Gasteiger partial charge in [0.1, 0.15) is 6.61 Å². The molecule has 1 heterocycles. The first-order chi connectivity index (χ1) is 9.38. The van der Waals surface area contributed by atoms with Gasteiger partial charge >= 0.3 is 6.18 Å². The Bertz CT molecular complexity index is 622. The Kier molecular flexibility index (Phi) is 3.93. The predicted octanol–water partition coefficient (Wildman–Crippen LogP) is 3.13. The van der Waals surface area contributed by atoms with Crippen molar-refractivity contribution in [1.29, 1.82) is 0 Å². The second-order valence-corrected chi connectivity index (χ2v) is 4.14. The van der Waals surface area contributed by atoms with Crippen LogP contribution in [0.25, 0.3) is 10.9 Å². The van der Waals surface area contributed by atoms with Crippen molar-refractivity contribution in [3.8, 4) is 0 Å². The molecule has 0 saturated carbocycles. The minimum atomic E-state index is -4.35. The highest BCUT2D eigenvalue weighted by atomic mass is 19.4. The van der Waals surface area contributed by atoms with Gasteiger partial charge in [-0.2, -0.15) is 13.2 Å². The molecule has 0 aliphatic rings. The van der Waals surface area contributed by atoms with Gasteiger partial charge in [-0.25, -0.2) is 0 Å². The van der Waals surface area contributed by atoms with Crippen molar-refractivity contribution in [2.75, 3.05) is 13.2 Å². The number of nitro benzene ring substituents is 1. The molecule has 1 aromatic heterocycles. The fourth-order valence-electron chi connectivity index (χ4n) is 1.91. The summed E-state index contributed by atoms with van der Waals surface area (Å²) >= 11 is 0. The average Bonchev–Trinajstić information content (AvgIpc) is 2.76. The van der Waals surface area contributed by atoms with Crippen LogP contribution in [0, 0.1) is 10.1 Å². The number of halogens is 3. The predicted molar refractivity (Wildman–Crippen MR) is 65.5 cm³/mol. The molecule has 20 heavy (non-hydrogen) atoms. The van der Waals surface area contributed by atoms with Crippen LogP contribution >= 0.6 is 0 Å².